The Bertz CT molecular complexity index is 340. The van der Waals surface area contributed by atoms with Gasteiger partial charge in [-0.05, 0) is 38.5 Å². The van der Waals surface area contributed by atoms with E-state index in [1.54, 1.807) is 0 Å². The zero-order chi connectivity index (χ0) is 14.6. The molecule has 2 unspecified atom stereocenters. The summed E-state index contributed by atoms with van der Waals surface area (Å²) in [5, 5.41) is 3.46. The van der Waals surface area contributed by atoms with E-state index in [1.165, 1.54) is 25.7 Å². The van der Waals surface area contributed by atoms with Crippen molar-refractivity contribution in [2.45, 2.75) is 71.4 Å². The fourth-order valence-corrected chi connectivity index (χ4v) is 3.76. The van der Waals surface area contributed by atoms with Crippen molar-refractivity contribution in [1.29, 1.82) is 0 Å². The van der Waals surface area contributed by atoms with Crippen molar-refractivity contribution in [2.24, 2.45) is 22.1 Å². The number of aliphatic imine (C=N–C) groups is 1. The van der Waals surface area contributed by atoms with E-state index in [4.69, 9.17) is 10.5 Å². The van der Waals surface area contributed by atoms with Crippen LogP contribution in [0.15, 0.2) is 4.99 Å². The van der Waals surface area contributed by atoms with Gasteiger partial charge >= 0.3 is 0 Å². The van der Waals surface area contributed by atoms with Gasteiger partial charge < -0.3 is 15.8 Å². The van der Waals surface area contributed by atoms with Gasteiger partial charge in [0.2, 0.25) is 0 Å². The first kappa shape index (κ1) is 19.0. The fourth-order valence-electron chi connectivity index (χ4n) is 3.76. The molecule has 21 heavy (non-hydrogen) atoms. The van der Waals surface area contributed by atoms with Gasteiger partial charge in [-0.2, -0.15) is 0 Å². The second-order valence-corrected chi connectivity index (χ2v) is 6.77. The number of guanidine groups is 1. The molecule has 0 amide bonds. The van der Waals surface area contributed by atoms with Gasteiger partial charge in [0, 0.05) is 24.6 Å². The number of hydrogen-bond donors (Lipinski definition) is 2. The third-order valence-electron chi connectivity index (χ3n) is 5.00. The smallest absolute Gasteiger partial charge is 0.188 e. The van der Waals surface area contributed by atoms with Gasteiger partial charge in [0.25, 0.3) is 0 Å². The van der Waals surface area contributed by atoms with E-state index in [-0.39, 0.29) is 24.0 Å². The molecule has 0 heterocycles. The van der Waals surface area contributed by atoms with Crippen LogP contribution in [0.4, 0.5) is 0 Å². The van der Waals surface area contributed by atoms with Crippen LogP contribution in [-0.2, 0) is 4.74 Å². The molecule has 1 spiro atoms. The lowest BCUT2D eigenvalue weighted by Crippen LogP contribution is -2.64. The Kier molecular flexibility index (Phi) is 7.74. The highest BCUT2D eigenvalue weighted by molar-refractivity contribution is 14.0. The molecule has 0 bridgehead atoms. The maximum atomic E-state index is 6.04. The first-order valence-corrected chi connectivity index (χ1v) is 8.26. The SMILES string of the molecule is CCOC1CC(NC(N)=NCCC(C)C)C12CCCC2.I. The second-order valence-electron chi connectivity index (χ2n) is 6.77. The molecule has 0 saturated heterocycles. The number of hydrogen-bond acceptors (Lipinski definition) is 2. The van der Waals surface area contributed by atoms with Crippen LogP contribution < -0.4 is 11.1 Å². The van der Waals surface area contributed by atoms with Crippen LogP contribution in [0.2, 0.25) is 0 Å². The lowest BCUT2D eigenvalue weighted by Gasteiger charge is -2.54. The maximum Gasteiger partial charge on any atom is 0.188 e. The van der Waals surface area contributed by atoms with Crippen LogP contribution >= 0.6 is 24.0 Å². The predicted octanol–water partition coefficient (Wildman–Crippen LogP) is 3.29. The number of rotatable bonds is 6. The molecule has 0 aromatic carbocycles. The number of halogens is 1. The van der Waals surface area contributed by atoms with Gasteiger partial charge in [0.15, 0.2) is 5.96 Å². The highest BCUT2D eigenvalue weighted by Gasteiger charge is 2.56. The number of nitrogens with one attached hydrogen (secondary N) is 1. The van der Waals surface area contributed by atoms with Crippen LogP contribution in [0.1, 0.15) is 59.3 Å². The van der Waals surface area contributed by atoms with E-state index in [0.717, 1.165) is 26.0 Å². The standard InChI is InChI=1S/C16H31N3O.HI/c1-4-20-14-11-13(16(14)8-5-6-9-16)19-15(17)18-10-7-12(2)3;/h12-14H,4-11H2,1-3H3,(H3,17,18,19);1H. The molecule has 2 aliphatic carbocycles. The number of ether oxygens (including phenoxy) is 1. The quantitative estimate of drug-likeness (QED) is 0.402. The van der Waals surface area contributed by atoms with Crippen molar-refractivity contribution in [2.75, 3.05) is 13.2 Å². The molecule has 0 aliphatic heterocycles. The molecule has 2 aliphatic rings. The highest BCUT2D eigenvalue weighted by Crippen LogP contribution is 2.54. The van der Waals surface area contributed by atoms with Crippen LogP contribution in [-0.4, -0.2) is 31.3 Å². The Morgan fingerprint density at radius 2 is 2.05 bits per heavy atom. The lowest BCUT2D eigenvalue weighted by molar-refractivity contribution is -0.125. The van der Waals surface area contributed by atoms with Crippen LogP contribution in [0, 0.1) is 11.3 Å². The van der Waals surface area contributed by atoms with Gasteiger partial charge in [0.1, 0.15) is 0 Å². The minimum absolute atomic E-state index is 0. The summed E-state index contributed by atoms with van der Waals surface area (Å²) in [5.41, 5.74) is 6.37. The second kappa shape index (κ2) is 8.56. The maximum absolute atomic E-state index is 6.04. The van der Waals surface area contributed by atoms with Crippen LogP contribution in [0.25, 0.3) is 0 Å². The Balaban J connectivity index is 0.00000220. The van der Waals surface area contributed by atoms with E-state index in [2.05, 4.69) is 31.1 Å². The van der Waals surface area contributed by atoms with Gasteiger partial charge in [-0.1, -0.05) is 26.7 Å². The van der Waals surface area contributed by atoms with Gasteiger partial charge in [-0.3, -0.25) is 4.99 Å². The highest BCUT2D eigenvalue weighted by atomic mass is 127. The van der Waals surface area contributed by atoms with Crippen molar-refractivity contribution in [3.8, 4) is 0 Å². The van der Waals surface area contributed by atoms with E-state index in [0.29, 0.717) is 29.4 Å². The molecule has 124 valence electrons. The molecule has 2 atom stereocenters. The summed E-state index contributed by atoms with van der Waals surface area (Å²) in [6, 6.07) is 0.462. The van der Waals surface area contributed by atoms with Gasteiger partial charge in [-0.25, -0.2) is 0 Å². The topological polar surface area (TPSA) is 59.6 Å². The first-order chi connectivity index (χ1) is 9.58. The molecule has 2 saturated carbocycles. The summed E-state index contributed by atoms with van der Waals surface area (Å²) in [7, 11) is 0. The minimum Gasteiger partial charge on any atom is -0.378 e. The molecule has 0 aromatic rings. The zero-order valence-corrected chi connectivity index (χ0v) is 16.1. The largest absolute Gasteiger partial charge is 0.378 e. The summed E-state index contributed by atoms with van der Waals surface area (Å²) in [6.45, 7) is 8.16. The summed E-state index contributed by atoms with van der Waals surface area (Å²) >= 11 is 0. The third-order valence-corrected chi connectivity index (χ3v) is 5.00. The average molecular weight is 409 g/mol. The molecule has 5 heteroatoms. The molecular weight excluding hydrogens is 377 g/mol. The van der Waals surface area contributed by atoms with Crippen molar-refractivity contribution < 1.29 is 4.74 Å². The number of nitrogens with two attached hydrogens (primary N) is 1. The number of nitrogens with zero attached hydrogens (tertiary/aromatic N) is 1. The molecule has 2 rings (SSSR count). The van der Waals surface area contributed by atoms with Crippen molar-refractivity contribution >= 4 is 29.9 Å². The van der Waals surface area contributed by atoms with E-state index in [9.17, 15) is 0 Å². The Hall–Kier alpha value is -0.0400. The third kappa shape index (κ3) is 4.47. The van der Waals surface area contributed by atoms with Crippen molar-refractivity contribution in [3.63, 3.8) is 0 Å². The molecule has 2 fully saturated rings. The summed E-state index contributed by atoms with van der Waals surface area (Å²) < 4.78 is 5.92. The van der Waals surface area contributed by atoms with E-state index < -0.39 is 0 Å². The molecule has 4 nitrogen and oxygen atoms in total. The monoisotopic (exact) mass is 409 g/mol. The zero-order valence-electron chi connectivity index (χ0n) is 13.7. The average Bonchev–Trinajstić information content (AvgIpc) is 2.89. The molecule has 0 aromatic heterocycles. The van der Waals surface area contributed by atoms with Crippen LogP contribution in [0.5, 0.6) is 0 Å². The Morgan fingerprint density at radius 1 is 1.38 bits per heavy atom. The van der Waals surface area contributed by atoms with Gasteiger partial charge in [-0.15, -0.1) is 24.0 Å². The molecular formula is C16H32IN3O. The Morgan fingerprint density at radius 3 is 2.62 bits per heavy atom. The minimum atomic E-state index is 0. The molecule has 3 N–H and O–H groups in total. The lowest BCUT2D eigenvalue weighted by atomic mass is 9.60. The summed E-state index contributed by atoms with van der Waals surface area (Å²) in [4.78, 5) is 4.45. The van der Waals surface area contributed by atoms with E-state index in [1.807, 2.05) is 0 Å². The summed E-state index contributed by atoms with van der Waals surface area (Å²) in [6.07, 6.45) is 7.80. The van der Waals surface area contributed by atoms with E-state index >= 15 is 0 Å². The Labute approximate surface area is 146 Å². The van der Waals surface area contributed by atoms with Gasteiger partial charge in [0.05, 0.1) is 6.10 Å². The van der Waals surface area contributed by atoms with Crippen molar-refractivity contribution in [3.05, 3.63) is 0 Å². The predicted molar refractivity (Wildman–Crippen MR) is 99.2 cm³/mol. The summed E-state index contributed by atoms with van der Waals surface area (Å²) in [5.74, 6) is 1.30. The van der Waals surface area contributed by atoms with Crippen LogP contribution in [0.3, 0.4) is 0 Å². The first-order valence-electron chi connectivity index (χ1n) is 8.26. The van der Waals surface area contributed by atoms with Crippen molar-refractivity contribution in [1.82, 2.24) is 5.32 Å². The normalized spacial score (nSPS) is 27.5. The fraction of sp³-hybridized carbons (Fsp3) is 0.938. The molecule has 0 radical (unpaired) electrons.